The molecule has 3 heterocycles. The van der Waals surface area contributed by atoms with Crippen molar-refractivity contribution in [2.45, 2.75) is 19.3 Å². The highest BCUT2D eigenvalue weighted by Gasteiger charge is 2.45. The van der Waals surface area contributed by atoms with Gasteiger partial charge < -0.3 is 10.3 Å². The van der Waals surface area contributed by atoms with Gasteiger partial charge in [-0.05, 0) is 25.5 Å². The van der Waals surface area contributed by atoms with E-state index in [1.165, 1.54) is 11.3 Å². The van der Waals surface area contributed by atoms with Crippen LogP contribution < -0.4 is 5.32 Å². The van der Waals surface area contributed by atoms with Crippen molar-refractivity contribution in [3.63, 3.8) is 0 Å². The highest BCUT2D eigenvalue weighted by molar-refractivity contribution is 7.28. The van der Waals surface area contributed by atoms with Crippen LogP contribution in [0.15, 0.2) is 24.7 Å². The fraction of sp³-hybridized carbons (Fsp3) is 0.250. The standard InChI is InChI=1S/C16H13N5OS2/c1-7-19-10-2-3-11-14(13(10)23-7)24-16(20-11)21-15(22)9-4-8(9)12-5-17-6-18-12/h2-3,5-6,8-9H,4H2,1H3,(H,17,18)(H,20,21,22)/t8-,9-/m1/s1. The predicted octanol–water partition coefficient (Wildman–Crippen LogP) is 3.68. The minimum absolute atomic E-state index is 0.00290. The van der Waals surface area contributed by atoms with E-state index < -0.39 is 0 Å². The molecule has 6 nitrogen and oxygen atoms in total. The van der Waals surface area contributed by atoms with Gasteiger partial charge in [0.2, 0.25) is 5.91 Å². The number of aryl methyl sites for hydroxylation is 1. The zero-order valence-corrected chi connectivity index (χ0v) is 14.4. The third-order valence-corrected chi connectivity index (χ3v) is 6.43. The molecule has 4 aromatic rings. The van der Waals surface area contributed by atoms with Crippen LogP contribution in [-0.2, 0) is 4.79 Å². The molecule has 8 heteroatoms. The van der Waals surface area contributed by atoms with Crippen LogP contribution in [0.4, 0.5) is 5.13 Å². The lowest BCUT2D eigenvalue weighted by atomic mass is 10.2. The minimum atomic E-state index is 0.00290. The maximum Gasteiger partial charge on any atom is 0.229 e. The summed E-state index contributed by atoms with van der Waals surface area (Å²) in [6, 6.07) is 3.95. The van der Waals surface area contributed by atoms with Gasteiger partial charge in [-0.25, -0.2) is 15.0 Å². The zero-order chi connectivity index (χ0) is 16.3. The third kappa shape index (κ3) is 2.22. The van der Waals surface area contributed by atoms with E-state index in [0.29, 0.717) is 5.13 Å². The second-order valence-corrected chi connectivity index (χ2v) is 8.16. The molecule has 1 aliphatic rings. The zero-order valence-electron chi connectivity index (χ0n) is 12.7. The summed E-state index contributed by atoms with van der Waals surface area (Å²) in [4.78, 5) is 28.6. The number of anilines is 1. The van der Waals surface area contributed by atoms with Gasteiger partial charge in [-0.2, -0.15) is 0 Å². The number of hydrogen-bond donors (Lipinski definition) is 2. The SMILES string of the molecule is Cc1nc2ccc3nc(NC(=O)[C@@H]4C[C@H]4c4cnc[nH]4)sc3c2s1. The van der Waals surface area contributed by atoms with Crippen molar-refractivity contribution < 1.29 is 4.79 Å². The smallest absolute Gasteiger partial charge is 0.229 e. The number of nitrogens with zero attached hydrogens (tertiary/aromatic N) is 3. The van der Waals surface area contributed by atoms with Crippen LogP contribution >= 0.6 is 22.7 Å². The summed E-state index contributed by atoms with van der Waals surface area (Å²) < 4.78 is 2.24. The molecule has 0 saturated heterocycles. The number of nitrogens with one attached hydrogen (secondary N) is 2. The van der Waals surface area contributed by atoms with E-state index in [4.69, 9.17) is 0 Å². The molecule has 3 aromatic heterocycles. The molecule has 2 atom stereocenters. The Hall–Kier alpha value is -2.32. The van der Waals surface area contributed by atoms with Crippen molar-refractivity contribution in [3.8, 4) is 0 Å². The molecule has 2 N–H and O–H groups in total. The highest BCUT2D eigenvalue weighted by Crippen LogP contribution is 2.47. The molecule has 1 amide bonds. The first kappa shape index (κ1) is 14.1. The Morgan fingerprint density at radius 3 is 2.83 bits per heavy atom. The Morgan fingerprint density at radius 2 is 2.04 bits per heavy atom. The van der Waals surface area contributed by atoms with Crippen LogP contribution in [-0.4, -0.2) is 25.8 Å². The van der Waals surface area contributed by atoms with Crippen molar-refractivity contribution in [1.82, 2.24) is 19.9 Å². The van der Waals surface area contributed by atoms with E-state index in [1.54, 1.807) is 23.9 Å². The average Bonchev–Trinajstić information content (AvgIpc) is 2.93. The topological polar surface area (TPSA) is 83.6 Å². The number of benzene rings is 1. The fourth-order valence-corrected chi connectivity index (χ4v) is 5.04. The lowest BCUT2D eigenvalue weighted by Gasteiger charge is -1.99. The van der Waals surface area contributed by atoms with Crippen LogP contribution in [0.2, 0.25) is 0 Å². The van der Waals surface area contributed by atoms with Crippen LogP contribution in [0.3, 0.4) is 0 Å². The first-order valence-corrected chi connectivity index (χ1v) is 9.28. The summed E-state index contributed by atoms with van der Waals surface area (Å²) in [6.07, 6.45) is 4.30. The van der Waals surface area contributed by atoms with Gasteiger partial charge >= 0.3 is 0 Å². The summed E-state index contributed by atoms with van der Waals surface area (Å²) >= 11 is 3.19. The van der Waals surface area contributed by atoms with Crippen LogP contribution in [0.25, 0.3) is 20.4 Å². The Kier molecular flexibility index (Phi) is 2.98. The molecular weight excluding hydrogens is 342 g/mol. The van der Waals surface area contributed by atoms with Gasteiger partial charge in [-0.1, -0.05) is 11.3 Å². The van der Waals surface area contributed by atoms with Crippen LogP contribution in [0, 0.1) is 12.8 Å². The third-order valence-electron chi connectivity index (χ3n) is 4.30. The maximum atomic E-state index is 12.4. The molecule has 24 heavy (non-hydrogen) atoms. The van der Waals surface area contributed by atoms with Crippen molar-refractivity contribution in [2.24, 2.45) is 5.92 Å². The van der Waals surface area contributed by atoms with Gasteiger partial charge in [0.1, 0.15) is 0 Å². The van der Waals surface area contributed by atoms with Crippen molar-refractivity contribution in [3.05, 3.63) is 35.4 Å². The Morgan fingerprint density at radius 1 is 1.25 bits per heavy atom. The van der Waals surface area contributed by atoms with Crippen molar-refractivity contribution in [2.75, 3.05) is 5.32 Å². The summed E-state index contributed by atoms with van der Waals surface area (Å²) in [7, 11) is 0. The largest absolute Gasteiger partial charge is 0.348 e. The number of amides is 1. The number of thiazole rings is 2. The Labute approximate surface area is 145 Å². The van der Waals surface area contributed by atoms with E-state index in [1.807, 2.05) is 19.1 Å². The maximum absolute atomic E-state index is 12.4. The number of carbonyl (C=O) groups excluding carboxylic acids is 1. The molecule has 1 fully saturated rings. The quantitative estimate of drug-likeness (QED) is 0.587. The van der Waals surface area contributed by atoms with E-state index >= 15 is 0 Å². The first-order valence-electron chi connectivity index (χ1n) is 7.65. The highest BCUT2D eigenvalue weighted by atomic mass is 32.1. The number of H-pyrrole nitrogens is 1. The number of aromatic amines is 1. The van der Waals surface area contributed by atoms with Gasteiger partial charge in [0.25, 0.3) is 0 Å². The summed E-state index contributed by atoms with van der Waals surface area (Å²) in [5, 5.41) is 4.67. The lowest BCUT2D eigenvalue weighted by Crippen LogP contribution is -2.14. The molecule has 5 rings (SSSR count). The normalized spacial score (nSPS) is 19.9. The van der Waals surface area contributed by atoms with E-state index in [0.717, 1.165) is 37.6 Å². The van der Waals surface area contributed by atoms with Crippen molar-refractivity contribution >= 4 is 54.1 Å². The molecule has 0 radical (unpaired) electrons. The van der Waals surface area contributed by atoms with Crippen LogP contribution in [0.5, 0.6) is 0 Å². The molecule has 0 aliphatic heterocycles. The monoisotopic (exact) mass is 355 g/mol. The number of aromatic nitrogens is 4. The number of carbonyl (C=O) groups is 1. The molecule has 1 aliphatic carbocycles. The number of hydrogen-bond acceptors (Lipinski definition) is 6. The second-order valence-electron chi connectivity index (χ2n) is 5.96. The molecule has 1 saturated carbocycles. The van der Waals surface area contributed by atoms with Gasteiger partial charge in [0, 0.05) is 23.7 Å². The van der Waals surface area contributed by atoms with E-state index in [9.17, 15) is 4.79 Å². The number of fused-ring (bicyclic) bond motifs is 3. The van der Waals surface area contributed by atoms with Gasteiger partial charge in [-0.3, -0.25) is 4.79 Å². The second kappa shape index (κ2) is 5.09. The Balaban J connectivity index is 1.41. The predicted molar refractivity (Wildman–Crippen MR) is 95.6 cm³/mol. The van der Waals surface area contributed by atoms with Crippen LogP contribution in [0.1, 0.15) is 23.0 Å². The summed E-state index contributed by atoms with van der Waals surface area (Å²) in [6.45, 7) is 2.00. The molecule has 0 unspecified atom stereocenters. The summed E-state index contributed by atoms with van der Waals surface area (Å²) in [5.74, 6) is 0.284. The van der Waals surface area contributed by atoms with Gasteiger partial charge in [0.05, 0.1) is 31.8 Å². The molecule has 0 bridgehead atoms. The van der Waals surface area contributed by atoms with Gasteiger partial charge in [0.15, 0.2) is 5.13 Å². The minimum Gasteiger partial charge on any atom is -0.348 e. The van der Waals surface area contributed by atoms with E-state index in [-0.39, 0.29) is 17.7 Å². The molecule has 1 aromatic carbocycles. The number of imidazole rings is 1. The van der Waals surface area contributed by atoms with Crippen molar-refractivity contribution in [1.29, 1.82) is 0 Å². The fourth-order valence-electron chi connectivity index (χ4n) is 3.03. The molecule has 0 spiro atoms. The number of rotatable bonds is 3. The van der Waals surface area contributed by atoms with E-state index in [2.05, 4.69) is 25.3 Å². The summed E-state index contributed by atoms with van der Waals surface area (Å²) in [5.41, 5.74) is 2.93. The Bertz CT molecular complexity index is 1070. The average molecular weight is 355 g/mol. The van der Waals surface area contributed by atoms with Gasteiger partial charge in [-0.15, -0.1) is 11.3 Å². The molecule has 120 valence electrons. The lowest BCUT2D eigenvalue weighted by molar-refractivity contribution is -0.117. The molecular formula is C16H13N5OS2. The first-order chi connectivity index (χ1) is 11.7.